The molecule has 1 aromatic heterocycles. The van der Waals surface area contributed by atoms with Gasteiger partial charge in [-0.2, -0.15) is 0 Å². The van der Waals surface area contributed by atoms with Crippen molar-refractivity contribution in [1.82, 2.24) is 9.97 Å². The van der Waals surface area contributed by atoms with Gasteiger partial charge in [-0.05, 0) is 54.4 Å². The van der Waals surface area contributed by atoms with Crippen LogP contribution >= 0.6 is 0 Å². The van der Waals surface area contributed by atoms with E-state index in [1.54, 1.807) is 18.2 Å². The lowest BCUT2D eigenvalue weighted by molar-refractivity contribution is 0.174. The Balaban J connectivity index is 1.44. The van der Waals surface area contributed by atoms with Crippen LogP contribution in [-0.2, 0) is 16.6 Å². The molecule has 0 radical (unpaired) electrons. The molecule has 0 amide bonds. The zero-order chi connectivity index (χ0) is 22.6. The number of benzene rings is 3. The van der Waals surface area contributed by atoms with E-state index in [1.807, 2.05) is 60.4 Å². The van der Waals surface area contributed by atoms with Gasteiger partial charge in [0.05, 0.1) is 15.9 Å². The number of para-hydroxylation sites is 2. The van der Waals surface area contributed by atoms with Gasteiger partial charge in [0.25, 0.3) is 10.0 Å². The minimum atomic E-state index is -3.83. The van der Waals surface area contributed by atoms with Crippen molar-refractivity contribution >= 4 is 32.7 Å². The summed E-state index contributed by atoms with van der Waals surface area (Å²) < 4.78 is 39.5. The fraction of sp³-hybridized carbons (Fsp3) is 0.167. The van der Waals surface area contributed by atoms with Gasteiger partial charge in [0, 0.05) is 6.54 Å². The number of aromatic nitrogens is 2. The van der Waals surface area contributed by atoms with E-state index in [1.165, 1.54) is 4.31 Å². The number of ether oxygens (including phenoxy) is 2. The first-order valence-electron chi connectivity index (χ1n) is 10.5. The molecule has 33 heavy (non-hydrogen) atoms. The van der Waals surface area contributed by atoms with Gasteiger partial charge in [-0.25, -0.2) is 22.7 Å². The van der Waals surface area contributed by atoms with Gasteiger partial charge in [0.1, 0.15) is 6.67 Å². The second-order valence-corrected chi connectivity index (χ2v) is 9.92. The van der Waals surface area contributed by atoms with E-state index in [9.17, 15) is 8.42 Å². The number of anilines is 2. The lowest BCUT2D eigenvalue weighted by Crippen LogP contribution is -2.35. The quantitative estimate of drug-likeness (QED) is 0.457. The maximum atomic E-state index is 13.6. The van der Waals surface area contributed by atoms with Crippen LogP contribution in [0.1, 0.15) is 11.1 Å². The minimum Gasteiger partial charge on any atom is -0.454 e. The van der Waals surface area contributed by atoms with Crippen LogP contribution in [0, 0.1) is 6.92 Å². The monoisotopic (exact) mass is 460 g/mol. The van der Waals surface area contributed by atoms with Crippen LogP contribution in [0.3, 0.4) is 0 Å². The number of sulfonamides is 1. The zero-order valence-electron chi connectivity index (χ0n) is 17.8. The highest BCUT2D eigenvalue weighted by molar-refractivity contribution is 7.92. The van der Waals surface area contributed by atoms with Crippen LogP contribution < -0.4 is 18.7 Å². The first-order chi connectivity index (χ1) is 16.0. The van der Waals surface area contributed by atoms with Gasteiger partial charge in [-0.1, -0.05) is 30.3 Å². The van der Waals surface area contributed by atoms with Crippen molar-refractivity contribution in [1.29, 1.82) is 0 Å². The van der Waals surface area contributed by atoms with E-state index in [2.05, 4.69) is 0 Å². The van der Waals surface area contributed by atoms with Gasteiger partial charge in [-0.15, -0.1) is 0 Å². The molecule has 0 N–H and O–H groups in total. The minimum absolute atomic E-state index is 0.108. The molecule has 3 aromatic carbocycles. The molecule has 0 atom stereocenters. The molecule has 2 aliphatic rings. The second-order valence-electron chi connectivity index (χ2n) is 8.06. The van der Waals surface area contributed by atoms with E-state index in [4.69, 9.17) is 19.4 Å². The third kappa shape index (κ3) is 3.32. The van der Waals surface area contributed by atoms with Gasteiger partial charge in [0.2, 0.25) is 6.79 Å². The number of hydrogen-bond donors (Lipinski definition) is 0. The molecule has 0 bridgehead atoms. The summed E-state index contributed by atoms with van der Waals surface area (Å²) in [5.74, 6) is 2.24. The largest absolute Gasteiger partial charge is 0.454 e. The van der Waals surface area contributed by atoms with Crippen LogP contribution in [0.15, 0.2) is 71.6 Å². The summed E-state index contributed by atoms with van der Waals surface area (Å²) in [5, 5.41) is 0. The molecule has 0 unspecified atom stereocenters. The van der Waals surface area contributed by atoms with Crippen molar-refractivity contribution in [2.45, 2.75) is 18.4 Å². The normalized spacial score (nSPS) is 14.7. The molecule has 166 valence electrons. The average molecular weight is 461 g/mol. The molecule has 0 saturated carbocycles. The van der Waals surface area contributed by atoms with Crippen molar-refractivity contribution in [2.75, 3.05) is 22.7 Å². The maximum Gasteiger partial charge on any atom is 0.267 e. The van der Waals surface area contributed by atoms with Crippen LogP contribution in [-0.4, -0.2) is 31.8 Å². The second kappa shape index (κ2) is 7.35. The summed E-state index contributed by atoms with van der Waals surface area (Å²) in [6.45, 7) is 2.62. The predicted molar refractivity (Wildman–Crippen MR) is 124 cm³/mol. The van der Waals surface area contributed by atoms with Crippen molar-refractivity contribution in [3.63, 3.8) is 0 Å². The molecule has 2 aliphatic heterocycles. The summed E-state index contributed by atoms with van der Waals surface area (Å²) >= 11 is 0. The lowest BCUT2D eigenvalue weighted by Gasteiger charge is -2.21. The fourth-order valence-electron chi connectivity index (χ4n) is 4.13. The van der Waals surface area contributed by atoms with E-state index >= 15 is 0 Å². The zero-order valence-corrected chi connectivity index (χ0v) is 18.6. The maximum absolute atomic E-state index is 13.6. The van der Waals surface area contributed by atoms with E-state index in [0.717, 1.165) is 11.1 Å². The molecule has 0 saturated heterocycles. The number of hydrogen-bond acceptors (Lipinski definition) is 7. The summed E-state index contributed by atoms with van der Waals surface area (Å²) in [6, 6.07) is 20.1. The third-order valence-corrected chi connectivity index (χ3v) is 7.48. The van der Waals surface area contributed by atoms with Gasteiger partial charge < -0.3 is 14.4 Å². The Morgan fingerprint density at radius 3 is 2.42 bits per heavy atom. The van der Waals surface area contributed by atoms with Crippen LogP contribution in [0.2, 0.25) is 0 Å². The number of fused-ring (bicyclic) bond motifs is 3. The lowest BCUT2D eigenvalue weighted by atomic mass is 10.2. The van der Waals surface area contributed by atoms with Gasteiger partial charge >= 0.3 is 0 Å². The summed E-state index contributed by atoms with van der Waals surface area (Å²) in [5.41, 5.74) is 3.18. The standard InChI is InChI=1S/C24H20N4O4S/c1-16-5-4-6-18(11-16)33(29,30)28-14-27(13-17-9-10-21-22(12-17)32-15-31-21)23-24(28)26-20-8-3-2-7-19(20)25-23/h2-12H,13-15H2,1H3. The van der Waals surface area contributed by atoms with Crippen molar-refractivity contribution < 1.29 is 17.9 Å². The SMILES string of the molecule is Cc1cccc(S(=O)(=O)N2CN(Cc3ccc4c(c3)OCO4)c3nc4ccccc4nc32)c1. The molecule has 0 fully saturated rings. The first kappa shape index (κ1) is 19.8. The molecular formula is C24H20N4O4S. The van der Waals surface area contributed by atoms with E-state index in [0.29, 0.717) is 40.7 Å². The van der Waals surface area contributed by atoms with E-state index in [-0.39, 0.29) is 18.4 Å². The average Bonchev–Trinajstić information content (AvgIpc) is 3.42. The third-order valence-electron chi connectivity index (χ3n) is 5.76. The predicted octanol–water partition coefficient (Wildman–Crippen LogP) is 3.84. The molecule has 6 rings (SSSR count). The summed E-state index contributed by atoms with van der Waals surface area (Å²) in [4.78, 5) is 11.6. The fourth-order valence-corrected chi connectivity index (χ4v) is 5.61. The smallest absolute Gasteiger partial charge is 0.267 e. The van der Waals surface area contributed by atoms with Crippen molar-refractivity contribution in [3.05, 3.63) is 77.9 Å². The molecule has 0 aliphatic carbocycles. The molecule has 9 heteroatoms. The Hall–Kier alpha value is -3.85. The number of nitrogens with zero attached hydrogens (tertiary/aromatic N) is 4. The van der Waals surface area contributed by atoms with Crippen LogP contribution in [0.5, 0.6) is 11.5 Å². The highest BCUT2D eigenvalue weighted by Gasteiger charge is 2.38. The van der Waals surface area contributed by atoms with Gasteiger partial charge in [0.15, 0.2) is 23.1 Å². The highest BCUT2D eigenvalue weighted by Crippen LogP contribution is 2.39. The Bertz CT molecular complexity index is 1510. The molecular weight excluding hydrogens is 440 g/mol. The van der Waals surface area contributed by atoms with Crippen molar-refractivity contribution in [2.24, 2.45) is 0 Å². The molecule has 8 nitrogen and oxygen atoms in total. The van der Waals surface area contributed by atoms with Crippen LogP contribution in [0.25, 0.3) is 11.0 Å². The Morgan fingerprint density at radius 1 is 0.879 bits per heavy atom. The first-order valence-corrected chi connectivity index (χ1v) is 11.9. The van der Waals surface area contributed by atoms with Crippen LogP contribution in [0.4, 0.5) is 11.6 Å². The molecule has 0 spiro atoms. The Labute approximate surface area is 191 Å². The Morgan fingerprint density at radius 2 is 1.64 bits per heavy atom. The number of aryl methyl sites for hydroxylation is 1. The molecule has 4 aromatic rings. The summed E-state index contributed by atoms with van der Waals surface area (Å²) in [7, 11) is -3.83. The van der Waals surface area contributed by atoms with E-state index < -0.39 is 10.0 Å². The molecule has 3 heterocycles. The highest BCUT2D eigenvalue weighted by atomic mass is 32.2. The van der Waals surface area contributed by atoms with Crippen molar-refractivity contribution in [3.8, 4) is 11.5 Å². The number of rotatable bonds is 4. The Kier molecular flexibility index (Phi) is 4.41. The topological polar surface area (TPSA) is 84.9 Å². The summed E-state index contributed by atoms with van der Waals surface area (Å²) in [6.07, 6.45) is 0. The van der Waals surface area contributed by atoms with Gasteiger partial charge in [-0.3, -0.25) is 0 Å².